The molecule has 5 nitrogen and oxygen atoms in total. The first-order valence-electron chi connectivity index (χ1n) is 4.48. The molecule has 0 aliphatic rings. The highest BCUT2D eigenvalue weighted by atomic mass is 32.1. The summed E-state index contributed by atoms with van der Waals surface area (Å²) >= 11 is 1.37. The second kappa shape index (κ2) is 3.64. The number of hydrogen-bond donors (Lipinski definition) is 2. The molecule has 84 valence electrons. The number of carboxylic acid groups (broad SMARTS) is 1. The van der Waals surface area contributed by atoms with Crippen LogP contribution < -0.4 is 0 Å². The van der Waals surface area contributed by atoms with Crippen molar-refractivity contribution < 1.29 is 19.4 Å². The second-order valence-electron chi connectivity index (χ2n) is 3.25. The minimum atomic E-state index is -1.04. The van der Waals surface area contributed by atoms with Gasteiger partial charge in [0.05, 0.1) is 22.9 Å². The van der Waals surface area contributed by atoms with Crippen molar-refractivity contribution >= 4 is 33.5 Å². The van der Waals surface area contributed by atoms with Crippen molar-refractivity contribution in [2.75, 3.05) is 7.11 Å². The van der Waals surface area contributed by atoms with Crippen LogP contribution in [0, 0.1) is 6.92 Å². The normalized spacial score (nSPS) is 10.6. The molecule has 0 amide bonds. The highest BCUT2D eigenvalue weighted by Crippen LogP contribution is 2.31. The Hall–Kier alpha value is -1.82. The number of aromatic carboxylic acids is 1. The number of aryl methyl sites for hydroxylation is 1. The number of carbonyl (C=O) groups is 2. The largest absolute Gasteiger partial charge is 0.477 e. The van der Waals surface area contributed by atoms with Crippen LogP contribution in [0.2, 0.25) is 0 Å². The molecule has 0 bridgehead atoms. The van der Waals surface area contributed by atoms with Crippen LogP contribution in [0.3, 0.4) is 0 Å². The fraction of sp³-hybridized carbons (Fsp3) is 0.200. The van der Waals surface area contributed by atoms with Gasteiger partial charge >= 0.3 is 11.9 Å². The molecular formula is C10H9NO4S. The number of aromatic amines is 1. The maximum absolute atomic E-state index is 11.5. The molecule has 2 aromatic heterocycles. The number of carbonyl (C=O) groups excluding carboxylic acids is 1. The lowest BCUT2D eigenvalue weighted by atomic mass is 10.2. The summed E-state index contributed by atoms with van der Waals surface area (Å²) in [5.41, 5.74) is 1.02. The van der Waals surface area contributed by atoms with Crippen molar-refractivity contribution in [3.8, 4) is 0 Å². The average Bonchev–Trinajstić information content (AvgIpc) is 2.73. The lowest BCUT2D eigenvalue weighted by molar-refractivity contribution is 0.0601. The summed E-state index contributed by atoms with van der Waals surface area (Å²) in [4.78, 5) is 25.8. The van der Waals surface area contributed by atoms with Crippen LogP contribution in [0.5, 0.6) is 0 Å². The number of methoxy groups -OCH3 is 1. The topological polar surface area (TPSA) is 79.4 Å². The van der Waals surface area contributed by atoms with Crippen molar-refractivity contribution in [1.29, 1.82) is 0 Å². The zero-order valence-corrected chi connectivity index (χ0v) is 9.47. The Labute approximate surface area is 94.7 Å². The van der Waals surface area contributed by atoms with Gasteiger partial charge in [-0.2, -0.15) is 0 Å². The van der Waals surface area contributed by atoms with E-state index in [9.17, 15) is 9.59 Å². The number of ether oxygens (including phenoxy) is 1. The molecule has 0 saturated heterocycles. The van der Waals surface area contributed by atoms with Crippen LogP contribution >= 0.6 is 11.3 Å². The Balaban J connectivity index is 2.67. The van der Waals surface area contributed by atoms with Gasteiger partial charge in [-0.1, -0.05) is 0 Å². The monoisotopic (exact) mass is 239 g/mol. The fourth-order valence-electron chi connectivity index (χ4n) is 1.56. The predicted molar refractivity (Wildman–Crippen MR) is 59.2 cm³/mol. The molecule has 0 aliphatic heterocycles. The molecular weight excluding hydrogens is 230 g/mol. The van der Waals surface area contributed by atoms with Crippen LogP contribution in [0.25, 0.3) is 10.2 Å². The third-order valence-corrected chi connectivity index (χ3v) is 3.32. The fourth-order valence-corrected chi connectivity index (χ4v) is 2.61. The van der Waals surface area contributed by atoms with E-state index in [0.29, 0.717) is 11.1 Å². The van der Waals surface area contributed by atoms with Crippen LogP contribution in [0.4, 0.5) is 0 Å². The van der Waals surface area contributed by atoms with Crippen LogP contribution in [-0.2, 0) is 4.74 Å². The lowest BCUT2D eigenvalue weighted by Crippen LogP contribution is -2.02. The van der Waals surface area contributed by atoms with E-state index in [-0.39, 0.29) is 5.69 Å². The highest BCUT2D eigenvalue weighted by Gasteiger charge is 2.20. The maximum atomic E-state index is 11.5. The van der Waals surface area contributed by atoms with Gasteiger partial charge in [-0.15, -0.1) is 11.3 Å². The number of hydrogen-bond acceptors (Lipinski definition) is 4. The molecule has 0 fully saturated rings. The molecule has 6 heteroatoms. The van der Waals surface area contributed by atoms with Gasteiger partial charge in [-0.25, -0.2) is 9.59 Å². The van der Waals surface area contributed by atoms with E-state index in [1.165, 1.54) is 24.5 Å². The molecule has 0 spiro atoms. The molecule has 0 aliphatic carbocycles. The van der Waals surface area contributed by atoms with Crippen molar-refractivity contribution in [2.45, 2.75) is 6.92 Å². The number of aromatic nitrogens is 1. The Morgan fingerprint density at radius 3 is 2.75 bits per heavy atom. The zero-order valence-electron chi connectivity index (χ0n) is 8.66. The summed E-state index contributed by atoms with van der Waals surface area (Å²) in [5.74, 6) is -1.50. The van der Waals surface area contributed by atoms with Crippen molar-refractivity contribution in [2.24, 2.45) is 0 Å². The number of carboxylic acids is 1. The molecule has 2 aromatic rings. The molecule has 0 saturated carbocycles. The molecule has 0 unspecified atom stereocenters. The summed E-state index contributed by atoms with van der Waals surface area (Å²) in [5, 5.41) is 8.82. The van der Waals surface area contributed by atoms with E-state index >= 15 is 0 Å². The first kappa shape index (κ1) is 10.7. The van der Waals surface area contributed by atoms with E-state index in [1.807, 2.05) is 0 Å². The highest BCUT2D eigenvalue weighted by molar-refractivity contribution is 7.19. The summed E-state index contributed by atoms with van der Waals surface area (Å²) in [6, 6.07) is 1.52. The molecule has 2 rings (SSSR count). The number of esters is 1. The van der Waals surface area contributed by atoms with Gasteiger partial charge < -0.3 is 14.8 Å². The Morgan fingerprint density at radius 1 is 1.50 bits per heavy atom. The van der Waals surface area contributed by atoms with Crippen molar-refractivity contribution in [1.82, 2.24) is 4.98 Å². The van der Waals surface area contributed by atoms with Gasteiger partial charge in [-0.3, -0.25) is 0 Å². The average molecular weight is 239 g/mol. The lowest BCUT2D eigenvalue weighted by Gasteiger charge is -1.97. The standard InChI is InChI=1S/C10H9NO4S/c1-4-7(10(14)15-2)8-6(16-4)3-5(11-8)9(12)13/h3,11H,1-2H3,(H,12,13). The molecule has 16 heavy (non-hydrogen) atoms. The third-order valence-electron chi connectivity index (χ3n) is 2.27. The summed E-state index contributed by atoms with van der Waals surface area (Å²) < 4.78 is 5.40. The van der Waals surface area contributed by atoms with Gasteiger partial charge in [-0.05, 0) is 13.0 Å². The number of rotatable bonds is 2. The van der Waals surface area contributed by atoms with E-state index in [0.717, 1.165) is 9.58 Å². The van der Waals surface area contributed by atoms with E-state index in [2.05, 4.69) is 9.72 Å². The molecule has 2 N–H and O–H groups in total. The first-order chi connectivity index (χ1) is 7.54. The first-order valence-corrected chi connectivity index (χ1v) is 5.30. The predicted octanol–water partition coefficient (Wildman–Crippen LogP) is 2.02. The smallest absolute Gasteiger partial charge is 0.352 e. The Morgan fingerprint density at radius 2 is 2.19 bits per heavy atom. The number of nitrogens with one attached hydrogen (secondary N) is 1. The number of thiophene rings is 1. The minimum absolute atomic E-state index is 0.0754. The summed E-state index contributed by atoms with van der Waals surface area (Å²) in [6.45, 7) is 1.80. The molecule has 2 heterocycles. The number of fused-ring (bicyclic) bond motifs is 1. The zero-order chi connectivity index (χ0) is 11.9. The van der Waals surface area contributed by atoms with E-state index in [1.54, 1.807) is 6.92 Å². The van der Waals surface area contributed by atoms with Gasteiger partial charge in [0.25, 0.3) is 0 Å². The molecule has 0 radical (unpaired) electrons. The van der Waals surface area contributed by atoms with E-state index < -0.39 is 11.9 Å². The molecule has 0 aromatic carbocycles. The summed E-state index contributed by atoms with van der Waals surface area (Å²) in [6.07, 6.45) is 0. The van der Waals surface area contributed by atoms with Gasteiger partial charge in [0.1, 0.15) is 5.69 Å². The minimum Gasteiger partial charge on any atom is -0.477 e. The van der Waals surface area contributed by atoms with Crippen LogP contribution in [-0.4, -0.2) is 29.1 Å². The van der Waals surface area contributed by atoms with Gasteiger partial charge in [0.15, 0.2) is 0 Å². The van der Waals surface area contributed by atoms with Gasteiger partial charge in [0.2, 0.25) is 0 Å². The number of H-pyrrole nitrogens is 1. The second-order valence-corrected chi connectivity index (χ2v) is 4.51. The van der Waals surface area contributed by atoms with Gasteiger partial charge in [0, 0.05) is 4.88 Å². The van der Waals surface area contributed by atoms with Crippen molar-refractivity contribution in [3.05, 3.63) is 22.2 Å². The maximum Gasteiger partial charge on any atom is 0.352 e. The van der Waals surface area contributed by atoms with Crippen LogP contribution in [0.1, 0.15) is 25.7 Å². The van der Waals surface area contributed by atoms with E-state index in [4.69, 9.17) is 5.11 Å². The third kappa shape index (κ3) is 1.47. The van der Waals surface area contributed by atoms with Crippen LogP contribution in [0.15, 0.2) is 6.07 Å². The molecule has 0 atom stereocenters. The van der Waals surface area contributed by atoms with Crippen molar-refractivity contribution in [3.63, 3.8) is 0 Å². The SMILES string of the molecule is COC(=O)c1c(C)sc2cc(C(=O)O)[nH]c12. The Bertz CT molecular complexity index is 581. The Kier molecular flexibility index (Phi) is 2.43. The summed E-state index contributed by atoms with van der Waals surface area (Å²) in [7, 11) is 1.30. The quantitative estimate of drug-likeness (QED) is 0.786.